The molecule has 4 heteroatoms. The zero-order valence-corrected chi connectivity index (χ0v) is 11.5. The Morgan fingerprint density at radius 1 is 1.32 bits per heavy atom. The minimum absolute atomic E-state index is 0.456. The zero-order chi connectivity index (χ0) is 13.2. The average molecular weight is 257 g/mol. The van der Waals surface area contributed by atoms with E-state index in [-0.39, 0.29) is 0 Å². The molecule has 0 amide bonds. The van der Waals surface area contributed by atoms with Crippen molar-refractivity contribution in [3.8, 4) is 0 Å². The summed E-state index contributed by atoms with van der Waals surface area (Å²) in [6.07, 6.45) is 2.20. The van der Waals surface area contributed by atoms with E-state index in [1.807, 2.05) is 6.92 Å². The molecule has 0 spiro atoms. The van der Waals surface area contributed by atoms with E-state index < -0.39 is 0 Å². The summed E-state index contributed by atoms with van der Waals surface area (Å²) in [5.74, 6) is 1.36. The van der Waals surface area contributed by atoms with Crippen LogP contribution >= 0.6 is 0 Å². The molecule has 100 valence electrons. The topological polar surface area (TPSA) is 42.2 Å². The maximum atomic E-state index is 5.50. The lowest BCUT2D eigenvalue weighted by molar-refractivity contribution is 0.155. The van der Waals surface area contributed by atoms with Gasteiger partial charge in [0, 0.05) is 19.5 Å². The second-order valence-electron chi connectivity index (χ2n) is 5.06. The summed E-state index contributed by atoms with van der Waals surface area (Å²) in [7, 11) is 0. The van der Waals surface area contributed by atoms with Gasteiger partial charge in [0.05, 0.1) is 6.54 Å². The number of hydrogen-bond donors (Lipinski definition) is 0. The van der Waals surface area contributed by atoms with Gasteiger partial charge >= 0.3 is 0 Å². The number of rotatable bonds is 3. The molecule has 0 fully saturated rings. The smallest absolute Gasteiger partial charge is 0.230 e. The maximum absolute atomic E-state index is 5.50. The van der Waals surface area contributed by atoms with Gasteiger partial charge < -0.3 is 4.42 Å². The number of aromatic nitrogens is 2. The average Bonchev–Trinajstić information content (AvgIpc) is 2.84. The number of benzene rings is 1. The molecule has 2 heterocycles. The summed E-state index contributed by atoms with van der Waals surface area (Å²) in [5, 5.41) is 8.01. The van der Waals surface area contributed by atoms with Crippen LogP contribution in [0.3, 0.4) is 0 Å². The molecule has 1 aromatic heterocycles. The Morgan fingerprint density at radius 2 is 2.16 bits per heavy atom. The minimum Gasteiger partial charge on any atom is -0.424 e. The Bertz CT molecular complexity index is 564. The molecule has 1 aromatic carbocycles. The van der Waals surface area contributed by atoms with Crippen molar-refractivity contribution in [1.29, 1.82) is 0 Å². The highest BCUT2D eigenvalue weighted by Crippen LogP contribution is 2.32. The van der Waals surface area contributed by atoms with E-state index in [9.17, 15) is 0 Å². The van der Waals surface area contributed by atoms with E-state index in [0.717, 1.165) is 31.8 Å². The Kier molecular flexibility index (Phi) is 3.34. The van der Waals surface area contributed by atoms with Crippen LogP contribution in [0.25, 0.3) is 0 Å². The molecule has 0 saturated heterocycles. The molecule has 1 aliphatic rings. The monoisotopic (exact) mass is 257 g/mol. The minimum atomic E-state index is 0.456. The van der Waals surface area contributed by atoms with Crippen molar-refractivity contribution < 1.29 is 4.42 Å². The molecular weight excluding hydrogens is 238 g/mol. The van der Waals surface area contributed by atoms with Gasteiger partial charge in [-0.1, -0.05) is 31.2 Å². The summed E-state index contributed by atoms with van der Waals surface area (Å²) >= 11 is 0. The van der Waals surface area contributed by atoms with Crippen molar-refractivity contribution in [2.24, 2.45) is 0 Å². The summed E-state index contributed by atoms with van der Waals surface area (Å²) in [6, 6.07) is 9.20. The summed E-state index contributed by atoms with van der Waals surface area (Å²) < 4.78 is 5.50. The normalized spacial score (nSPS) is 19.4. The molecular formula is C15H19N3O. The highest BCUT2D eigenvalue weighted by Gasteiger charge is 2.26. The van der Waals surface area contributed by atoms with Gasteiger partial charge in [-0.25, -0.2) is 0 Å². The van der Waals surface area contributed by atoms with Gasteiger partial charge in [-0.05, 0) is 24.0 Å². The van der Waals surface area contributed by atoms with Gasteiger partial charge in [0.2, 0.25) is 11.8 Å². The first-order valence-electron chi connectivity index (χ1n) is 6.88. The van der Waals surface area contributed by atoms with Gasteiger partial charge in [-0.15, -0.1) is 10.2 Å². The maximum Gasteiger partial charge on any atom is 0.230 e. The molecule has 19 heavy (non-hydrogen) atoms. The SMILES string of the molecule is CC[C@H]1c2ccccc2CCN1Cc1nnc(C)o1. The van der Waals surface area contributed by atoms with Crippen molar-refractivity contribution in [2.45, 2.75) is 39.3 Å². The lowest BCUT2D eigenvalue weighted by atomic mass is 9.91. The number of hydrogen-bond acceptors (Lipinski definition) is 4. The fourth-order valence-corrected chi connectivity index (χ4v) is 2.95. The number of aryl methyl sites for hydroxylation is 1. The van der Waals surface area contributed by atoms with Crippen molar-refractivity contribution in [3.05, 3.63) is 47.2 Å². The first kappa shape index (κ1) is 12.4. The van der Waals surface area contributed by atoms with Crippen molar-refractivity contribution in [1.82, 2.24) is 15.1 Å². The molecule has 4 nitrogen and oxygen atoms in total. The predicted molar refractivity (Wildman–Crippen MR) is 72.6 cm³/mol. The zero-order valence-electron chi connectivity index (χ0n) is 11.5. The fourth-order valence-electron chi connectivity index (χ4n) is 2.95. The molecule has 0 N–H and O–H groups in total. The standard InChI is InChI=1S/C15H19N3O/c1-3-14-13-7-5-4-6-12(13)8-9-18(14)10-15-17-16-11(2)19-15/h4-7,14H,3,8-10H2,1-2H3/t14-/m0/s1. The first-order chi connectivity index (χ1) is 9.28. The third-order valence-electron chi connectivity index (χ3n) is 3.82. The molecule has 0 radical (unpaired) electrons. The second kappa shape index (κ2) is 5.13. The van der Waals surface area contributed by atoms with Crippen LogP contribution in [-0.2, 0) is 13.0 Å². The van der Waals surface area contributed by atoms with E-state index in [1.54, 1.807) is 0 Å². The lowest BCUT2D eigenvalue weighted by Gasteiger charge is -2.36. The summed E-state index contributed by atoms with van der Waals surface area (Å²) in [6.45, 7) is 5.86. The molecule has 1 aliphatic heterocycles. The lowest BCUT2D eigenvalue weighted by Crippen LogP contribution is -2.34. The summed E-state index contributed by atoms with van der Waals surface area (Å²) in [4.78, 5) is 2.44. The van der Waals surface area contributed by atoms with E-state index in [4.69, 9.17) is 4.42 Å². The van der Waals surface area contributed by atoms with Crippen LogP contribution in [-0.4, -0.2) is 21.6 Å². The Labute approximate surface area is 113 Å². The van der Waals surface area contributed by atoms with Crippen molar-refractivity contribution in [3.63, 3.8) is 0 Å². The molecule has 0 unspecified atom stereocenters. The highest BCUT2D eigenvalue weighted by atomic mass is 16.4. The van der Waals surface area contributed by atoms with Gasteiger partial charge in [-0.2, -0.15) is 0 Å². The summed E-state index contributed by atoms with van der Waals surface area (Å²) in [5.41, 5.74) is 2.93. The van der Waals surface area contributed by atoms with Crippen molar-refractivity contribution in [2.75, 3.05) is 6.54 Å². The van der Waals surface area contributed by atoms with E-state index in [0.29, 0.717) is 11.9 Å². The van der Waals surface area contributed by atoms with Crippen LogP contribution < -0.4 is 0 Å². The van der Waals surface area contributed by atoms with Crippen LogP contribution in [0.2, 0.25) is 0 Å². The van der Waals surface area contributed by atoms with E-state index in [1.165, 1.54) is 11.1 Å². The molecule has 0 bridgehead atoms. The van der Waals surface area contributed by atoms with Gasteiger partial charge in [-0.3, -0.25) is 4.90 Å². The Morgan fingerprint density at radius 3 is 2.89 bits per heavy atom. The van der Waals surface area contributed by atoms with Crippen LogP contribution in [0.5, 0.6) is 0 Å². The molecule has 2 aromatic rings. The van der Waals surface area contributed by atoms with E-state index in [2.05, 4.69) is 46.3 Å². The quantitative estimate of drug-likeness (QED) is 0.848. The van der Waals surface area contributed by atoms with Crippen molar-refractivity contribution >= 4 is 0 Å². The first-order valence-corrected chi connectivity index (χ1v) is 6.88. The van der Waals surface area contributed by atoms with Gasteiger partial charge in [0.1, 0.15) is 0 Å². The van der Waals surface area contributed by atoms with Crippen LogP contribution in [0.15, 0.2) is 28.7 Å². The number of nitrogens with zero attached hydrogens (tertiary/aromatic N) is 3. The molecule has 0 aliphatic carbocycles. The molecule has 1 atom stereocenters. The second-order valence-corrected chi connectivity index (χ2v) is 5.06. The fraction of sp³-hybridized carbons (Fsp3) is 0.467. The molecule has 3 rings (SSSR count). The Hall–Kier alpha value is -1.68. The number of fused-ring (bicyclic) bond motifs is 1. The third kappa shape index (κ3) is 2.40. The Balaban J connectivity index is 1.84. The van der Waals surface area contributed by atoms with Crippen LogP contribution in [0, 0.1) is 6.92 Å². The van der Waals surface area contributed by atoms with Crippen LogP contribution in [0.4, 0.5) is 0 Å². The van der Waals surface area contributed by atoms with E-state index >= 15 is 0 Å². The molecule has 0 saturated carbocycles. The predicted octanol–water partition coefficient (Wildman–Crippen LogP) is 2.89. The van der Waals surface area contributed by atoms with Gasteiger partial charge in [0.25, 0.3) is 0 Å². The third-order valence-corrected chi connectivity index (χ3v) is 3.82. The van der Waals surface area contributed by atoms with Crippen LogP contribution in [0.1, 0.15) is 42.3 Å². The van der Waals surface area contributed by atoms with Gasteiger partial charge in [0.15, 0.2) is 0 Å². The highest BCUT2D eigenvalue weighted by molar-refractivity contribution is 5.32. The largest absolute Gasteiger partial charge is 0.424 e.